The number of benzene rings is 2. The molecule has 1 N–H and O–H groups in total. The van der Waals surface area contributed by atoms with E-state index >= 15 is 0 Å². The fourth-order valence-corrected chi connectivity index (χ4v) is 3.71. The lowest BCUT2D eigenvalue weighted by Crippen LogP contribution is -2.38. The lowest BCUT2D eigenvalue weighted by Gasteiger charge is -2.31. The molecule has 2 aromatic carbocycles. The Bertz CT molecular complexity index is 950. The first-order valence-corrected chi connectivity index (χ1v) is 8.98. The number of hydrogen-bond donors (Lipinski definition) is 1. The van der Waals surface area contributed by atoms with Gasteiger partial charge in [0.15, 0.2) is 5.78 Å². The molecule has 4 rings (SSSR count). The fraction of sp³-hybridized carbons (Fsp3) is 0.261. The molecule has 0 fully saturated rings. The summed E-state index contributed by atoms with van der Waals surface area (Å²) in [7, 11) is 0. The summed E-state index contributed by atoms with van der Waals surface area (Å²) in [6.45, 7) is 5.92. The maximum Gasteiger partial charge on any atom is 0.199 e. The number of carbonyl (C=O) groups is 1. The topological polar surface area (TPSA) is 46.5 Å². The van der Waals surface area contributed by atoms with Crippen molar-refractivity contribution >= 4 is 11.4 Å². The van der Waals surface area contributed by atoms with Gasteiger partial charge < -0.3 is 9.84 Å². The van der Waals surface area contributed by atoms with Gasteiger partial charge in [-0.3, -0.25) is 4.79 Å². The molecule has 0 aliphatic carbocycles. The number of rotatable bonds is 3. The van der Waals surface area contributed by atoms with E-state index < -0.39 is 11.7 Å². The Hall–Kier alpha value is -2.65. The van der Waals surface area contributed by atoms with Crippen LogP contribution in [-0.4, -0.2) is 22.6 Å². The average molecular weight is 346 g/mol. The van der Waals surface area contributed by atoms with Gasteiger partial charge in [0.1, 0.15) is 17.5 Å². The quantitative estimate of drug-likeness (QED) is 0.813. The van der Waals surface area contributed by atoms with E-state index in [1.54, 1.807) is 19.1 Å². The summed E-state index contributed by atoms with van der Waals surface area (Å²) in [5, 5.41) is 10.8. The van der Waals surface area contributed by atoms with E-state index in [9.17, 15) is 9.90 Å². The summed E-state index contributed by atoms with van der Waals surface area (Å²) in [6.07, 6.45) is 3.67. The Kier molecular flexibility index (Phi) is 3.85. The second-order valence-corrected chi connectivity index (χ2v) is 7.18. The molecule has 3 nitrogen and oxygen atoms in total. The third-order valence-corrected chi connectivity index (χ3v) is 5.31. The van der Waals surface area contributed by atoms with E-state index in [4.69, 9.17) is 4.74 Å². The standard InChI is InChI=1S/C23H22O3/c1-4-15-13-17(16-7-5-14(2)6-8-16)9-10-18(15)20-21(24)19-11-12-23(3,26-19)22(20)25/h5-13,19,25H,4H2,1-3H3/t19-,23?/m0/s1. The molecule has 0 saturated heterocycles. The molecular formula is C23H22O3. The van der Waals surface area contributed by atoms with E-state index in [2.05, 4.69) is 44.2 Å². The second kappa shape index (κ2) is 5.96. The summed E-state index contributed by atoms with van der Waals surface area (Å²) < 4.78 is 5.67. The molecule has 2 aliphatic rings. The Balaban J connectivity index is 1.83. The van der Waals surface area contributed by atoms with E-state index in [1.807, 2.05) is 12.1 Å². The van der Waals surface area contributed by atoms with Gasteiger partial charge in [0.2, 0.25) is 0 Å². The van der Waals surface area contributed by atoms with Gasteiger partial charge in [0.25, 0.3) is 0 Å². The highest BCUT2D eigenvalue weighted by molar-refractivity contribution is 6.25. The number of carbonyl (C=O) groups excluding carboxylic acids is 1. The molecule has 0 amide bonds. The summed E-state index contributed by atoms with van der Waals surface area (Å²) in [4.78, 5) is 12.8. The number of hydrogen-bond acceptors (Lipinski definition) is 3. The van der Waals surface area contributed by atoms with E-state index in [-0.39, 0.29) is 11.5 Å². The molecule has 2 heterocycles. The van der Waals surface area contributed by atoms with Crippen LogP contribution in [0.15, 0.2) is 60.4 Å². The number of ether oxygens (including phenoxy) is 1. The fourth-order valence-electron chi connectivity index (χ4n) is 3.71. The maximum atomic E-state index is 12.8. The Labute approximate surface area is 153 Å². The Morgan fingerprint density at radius 1 is 1.12 bits per heavy atom. The first kappa shape index (κ1) is 16.8. The molecule has 26 heavy (non-hydrogen) atoms. The minimum absolute atomic E-state index is 0.00489. The van der Waals surface area contributed by atoms with Crippen LogP contribution in [-0.2, 0) is 16.0 Å². The van der Waals surface area contributed by atoms with Gasteiger partial charge in [-0.2, -0.15) is 0 Å². The van der Waals surface area contributed by atoms with Gasteiger partial charge in [-0.05, 0) is 54.7 Å². The number of Topliss-reactive ketones (excluding diaryl/α,β-unsaturated/α-hetero) is 1. The Morgan fingerprint density at radius 2 is 1.81 bits per heavy atom. The van der Waals surface area contributed by atoms with E-state index in [1.165, 1.54) is 5.56 Å². The van der Waals surface area contributed by atoms with E-state index in [0.29, 0.717) is 5.57 Å². The second-order valence-electron chi connectivity index (χ2n) is 7.18. The highest BCUT2D eigenvalue weighted by atomic mass is 16.5. The molecule has 3 heteroatoms. The van der Waals surface area contributed by atoms with Crippen LogP contribution in [0, 0.1) is 6.92 Å². The van der Waals surface area contributed by atoms with E-state index in [0.717, 1.165) is 28.7 Å². The van der Waals surface area contributed by atoms with Crippen LogP contribution in [0.5, 0.6) is 0 Å². The smallest absolute Gasteiger partial charge is 0.199 e. The molecule has 0 saturated carbocycles. The zero-order valence-electron chi connectivity index (χ0n) is 15.2. The summed E-state index contributed by atoms with van der Waals surface area (Å²) in [5.41, 5.74) is 4.80. The number of aliphatic hydroxyl groups excluding tert-OH is 1. The zero-order chi connectivity index (χ0) is 18.5. The highest BCUT2D eigenvalue weighted by Crippen LogP contribution is 2.42. The van der Waals surface area contributed by atoms with Crippen LogP contribution < -0.4 is 0 Å². The van der Waals surface area contributed by atoms with Crippen molar-refractivity contribution in [2.45, 2.75) is 38.9 Å². The predicted molar refractivity (Wildman–Crippen MR) is 103 cm³/mol. The van der Waals surface area contributed by atoms with Crippen molar-refractivity contribution in [3.63, 3.8) is 0 Å². The van der Waals surface area contributed by atoms with Gasteiger partial charge >= 0.3 is 0 Å². The molecular weight excluding hydrogens is 324 g/mol. The van der Waals surface area contributed by atoms with Gasteiger partial charge in [-0.15, -0.1) is 0 Å². The number of ketones is 1. The van der Waals surface area contributed by atoms with Gasteiger partial charge in [-0.1, -0.05) is 55.0 Å². The van der Waals surface area contributed by atoms with Gasteiger partial charge in [0.05, 0.1) is 5.57 Å². The molecule has 2 bridgehead atoms. The van der Waals surface area contributed by atoms with Gasteiger partial charge in [0, 0.05) is 0 Å². The number of fused-ring (bicyclic) bond motifs is 2. The van der Waals surface area contributed by atoms with Crippen molar-refractivity contribution in [3.05, 3.63) is 77.1 Å². The van der Waals surface area contributed by atoms with Crippen molar-refractivity contribution in [1.29, 1.82) is 0 Å². The minimum atomic E-state index is -0.908. The first-order valence-electron chi connectivity index (χ1n) is 8.98. The molecule has 2 atom stereocenters. The van der Waals surface area contributed by atoms with Gasteiger partial charge in [-0.25, -0.2) is 0 Å². The summed E-state index contributed by atoms with van der Waals surface area (Å²) >= 11 is 0. The lowest BCUT2D eigenvalue weighted by molar-refractivity contribution is -0.128. The van der Waals surface area contributed by atoms with Crippen LogP contribution in [0.4, 0.5) is 0 Å². The van der Waals surface area contributed by atoms with Crippen molar-refractivity contribution in [1.82, 2.24) is 0 Å². The molecule has 2 aromatic rings. The third kappa shape index (κ3) is 2.51. The average Bonchev–Trinajstić information content (AvgIpc) is 3.02. The monoisotopic (exact) mass is 346 g/mol. The number of aryl methyl sites for hydroxylation is 2. The molecule has 2 aliphatic heterocycles. The highest BCUT2D eigenvalue weighted by Gasteiger charge is 2.46. The van der Waals surface area contributed by atoms with Crippen LogP contribution in [0.3, 0.4) is 0 Å². The van der Waals surface area contributed by atoms with Crippen LogP contribution in [0.2, 0.25) is 0 Å². The van der Waals surface area contributed by atoms with Crippen molar-refractivity contribution in [2.24, 2.45) is 0 Å². The zero-order valence-corrected chi connectivity index (χ0v) is 15.2. The predicted octanol–water partition coefficient (Wildman–Crippen LogP) is 4.79. The Morgan fingerprint density at radius 3 is 2.50 bits per heavy atom. The first-order chi connectivity index (χ1) is 12.4. The van der Waals surface area contributed by atoms with Crippen molar-refractivity contribution in [2.75, 3.05) is 0 Å². The lowest BCUT2D eigenvalue weighted by atomic mass is 9.86. The van der Waals surface area contributed by atoms with Crippen molar-refractivity contribution in [3.8, 4) is 11.1 Å². The molecule has 0 radical (unpaired) electrons. The third-order valence-electron chi connectivity index (χ3n) is 5.31. The summed E-state index contributed by atoms with van der Waals surface area (Å²) in [5.74, 6) is -0.170. The molecule has 1 unspecified atom stereocenters. The van der Waals surface area contributed by atoms with Crippen LogP contribution in [0.25, 0.3) is 16.7 Å². The molecule has 0 spiro atoms. The maximum absolute atomic E-state index is 12.8. The largest absolute Gasteiger partial charge is 0.508 e. The van der Waals surface area contributed by atoms with Crippen LogP contribution in [0.1, 0.15) is 30.5 Å². The molecule has 0 aromatic heterocycles. The summed E-state index contributed by atoms with van der Waals surface area (Å²) in [6, 6.07) is 14.5. The van der Waals surface area contributed by atoms with Crippen LogP contribution >= 0.6 is 0 Å². The SMILES string of the molecule is CCc1cc(-c2ccc(C)cc2)ccc1C1=C(O)C2(C)C=C[C@H](O2)C1=O. The molecule has 132 valence electrons. The number of aliphatic hydroxyl groups is 1. The van der Waals surface area contributed by atoms with Crippen molar-refractivity contribution < 1.29 is 14.6 Å². The normalized spacial score (nSPS) is 24.4. The minimum Gasteiger partial charge on any atom is -0.508 e.